The molecule has 0 saturated heterocycles. The largest absolute Gasteiger partial charge is 0.293 e. The molecule has 0 spiro atoms. The number of ketones is 1. The van der Waals surface area contributed by atoms with Crippen molar-refractivity contribution in [3.63, 3.8) is 0 Å². The highest BCUT2D eigenvalue weighted by molar-refractivity contribution is 8.00. The van der Waals surface area contributed by atoms with Gasteiger partial charge in [0.2, 0.25) is 0 Å². The molecule has 1 rings (SSSR count). The van der Waals surface area contributed by atoms with Crippen LogP contribution in [0.4, 0.5) is 0 Å². The van der Waals surface area contributed by atoms with Gasteiger partial charge in [-0.05, 0) is 12.0 Å². The number of carbonyl (C=O) groups is 1. The lowest BCUT2D eigenvalue weighted by Crippen LogP contribution is -2.10. The van der Waals surface area contributed by atoms with Crippen LogP contribution < -0.4 is 0 Å². The van der Waals surface area contributed by atoms with Crippen LogP contribution >= 0.6 is 46.3 Å². The third-order valence-electron chi connectivity index (χ3n) is 2.37. The Bertz CT molecular complexity index is 374. The van der Waals surface area contributed by atoms with Gasteiger partial charge in [0.15, 0.2) is 5.78 Å². The number of carbonyl (C=O) groups excluding carboxylic acids is 1. The number of hydrogen-bond donors (Lipinski definition) is 0. The Balaban J connectivity index is 2.56. The Morgan fingerprint density at radius 1 is 1.44 bits per heavy atom. The lowest BCUT2D eigenvalue weighted by molar-refractivity contribution is 0.102. The molecule has 1 nitrogen and oxygen atoms in total. The zero-order valence-corrected chi connectivity index (χ0v) is 12.6. The molecular formula is C11H14Cl2OS2. The monoisotopic (exact) mass is 296 g/mol. The van der Waals surface area contributed by atoms with Gasteiger partial charge in [0.05, 0.1) is 10.1 Å². The van der Waals surface area contributed by atoms with E-state index in [1.807, 2.05) is 0 Å². The normalized spacial score (nSPS) is 13.1. The minimum atomic E-state index is 0.0608. The third-order valence-corrected chi connectivity index (χ3v) is 5.36. The predicted molar refractivity (Wildman–Crippen MR) is 75.4 cm³/mol. The summed E-state index contributed by atoms with van der Waals surface area (Å²) in [5, 5.41) is 0.469. The summed E-state index contributed by atoms with van der Waals surface area (Å²) in [4.78, 5) is 11.8. The molecule has 0 amide bonds. The van der Waals surface area contributed by atoms with Crippen molar-refractivity contribution in [3.8, 4) is 0 Å². The molecular weight excluding hydrogens is 283 g/mol. The van der Waals surface area contributed by atoms with Crippen molar-refractivity contribution in [1.82, 2.24) is 0 Å². The molecule has 0 radical (unpaired) electrons. The van der Waals surface area contributed by atoms with Crippen molar-refractivity contribution in [2.75, 3.05) is 5.75 Å². The molecule has 0 aromatic carbocycles. The van der Waals surface area contributed by atoms with E-state index in [9.17, 15) is 4.79 Å². The Labute approximate surface area is 115 Å². The number of Topliss-reactive ketones (excluding diaryl/α,β-unsaturated/α-hetero) is 1. The van der Waals surface area contributed by atoms with E-state index in [-0.39, 0.29) is 5.78 Å². The van der Waals surface area contributed by atoms with E-state index in [1.165, 1.54) is 11.3 Å². The van der Waals surface area contributed by atoms with Gasteiger partial charge in [0.1, 0.15) is 4.34 Å². The molecule has 0 aliphatic carbocycles. The smallest absolute Gasteiger partial charge is 0.175 e. The fraction of sp³-hybridized carbons (Fsp3) is 0.545. The van der Waals surface area contributed by atoms with E-state index in [4.69, 9.17) is 23.2 Å². The minimum Gasteiger partial charge on any atom is -0.293 e. The summed E-state index contributed by atoms with van der Waals surface area (Å²) in [5.74, 6) is 1.09. The average Bonchev–Trinajstić information content (AvgIpc) is 2.53. The van der Waals surface area contributed by atoms with Gasteiger partial charge in [-0.2, -0.15) is 11.8 Å². The van der Waals surface area contributed by atoms with Gasteiger partial charge < -0.3 is 0 Å². The molecule has 1 unspecified atom stereocenters. The maximum Gasteiger partial charge on any atom is 0.175 e. The van der Waals surface area contributed by atoms with Crippen molar-refractivity contribution < 1.29 is 4.79 Å². The van der Waals surface area contributed by atoms with Crippen LogP contribution in [0.5, 0.6) is 0 Å². The third kappa shape index (κ3) is 3.95. The van der Waals surface area contributed by atoms with E-state index < -0.39 is 0 Å². The van der Waals surface area contributed by atoms with Crippen LogP contribution in [0.15, 0.2) is 6.07 Å². The first-order chi connectivity index (χ1) is 7.41. The molecule has 0 aliphatic heterocycles. The van der Waals surface area contributed by atoms with Gasteiger partial charge >= 0.3 is 0 Å². The number of thioether (sulfide) groups is 1. The molecule has 1 atom stereocenters. The van der Waals surface area contributed by atoms with E-state index >= 15 is 0 Å². The zero-order chi connectivity index (χ0) is 12.3. The Morgan fingerprint density at radius 2 is 2.06 bits per heavy atom. The topological polar surface area (TPSA) is 17.1 Å². The lowest BCUT2D eigenvalue weighted by Gasteiger charge is -2.13. The van der Waals surface area contributed by atoms with Gasteiger partial charge in [0, 0.05) is 10.8 Å². The first kappa shape index (κ1) is 14.4. The summed E-state index contributed by atoms with van der Waals surface area (Å²) in [5.41, 5.74) is 0.556. The van der Waals surface area contributed by atoms with Crippen LogP contribution in [0, 0.1) is 5.92 Å². The molecule has 16 heavy (non-hydrogen) atoms. The second kappa shape index (κ2) is 6.29. The van der Waals surface area contributed by atoms with Gasteiger partial charge in [-0.25, -0.2) is 0 Å². The molecule has 0 bridgehead atoms. The SMILES string of the molecule is CC(C)C(C)SCC(=O)c1cc(Cl)sc1Cl. The van der Waals surface area contributed by atoms with E-state index in [0.29, 0.717) is 31.2 Å². The summed E-state index contributed by atoms with van der Waals surface area (Å²) in [6.45, 7) is 6.43. The molecule has 1 aromatic rings. The molecule has 1 heterocycles. The number of thiophene rings is 1. The molecule has 0 fully saturated rings. The van der Waals surface area contributed by atoms with Crippen molar-refractivity contribution in [1.29, 1.82) is 0 Å². The minimum absolute atomic E-state index is 0.0608. The average molecular weight is 297 g/mol. The number of rotatable bonds is 5. The summed E-state index contributed by atoms with van der Waals surface area (Å²) in [7, 11) is 0. The molecule has 0 aliphatic rings. The maximum atomic E-state index is 11.8. The number of hydrogen-bond acceptors (Lipinski definition) is 3. The van der Waals surface area contributed by atoms with Gasteiger partial charge in [-0.15, -0.1) is 11.3 Å². The summed E-state index contributed by atoms with van der Waals surface area (Å²) in [6, 6.07) is 1.65. The molecule has 5 heteroatoms. The first-order valence-electron chi connectivity index (χ1n) is 5.01. The fourth-order valence-corrected chi connectivity index (χ4v) is 3.46. The van der Waals surface area contributed by atoms with Gasteiger partial charge in [-0.1, -0.05) is 44.0 Å². The predicted octanol–water partition coefficient (Wildman–Crippen LogP) is 5.02. The fourth-order valence-electron chi connectivity index (χ4n) is 1.01. The van der Waals surface area contributed by atoms with Gasteiger partial charge in [0.25, 0.3) is 0 Å². The second-order valence-electron chi connectivity index (χ2n) is 3.92. The quantitative estimate of drug-likeness (QED) is 0.710. The van der Waals surface area contributed by atoms with Crippen LogP contribution in [-0.2, 0) is 0 Å². The standard InChI is InChI=1S/C11H14Cl2OS2/c1-6(2)7(3)15-5-9(14)8-4-10(12)16-11(8)13/h4,6-7H,5H2,1-3H3. The van der Waals surface area contributed by atoms with Crippen LogP contribution in [0.25, 0.3) is 0 Å². The lowest BCUT2D eigenvalue weighted by atomic mass is 10.2. The first-order valence-corrected chi connectivity index (χ1v) is 7.63. The number of halogens is 2. The van der Waals surface area contributed by atoms with E-state index in [0.717, 1.165) is 0 Å². The Hall–Kier alpha value is 0.300. The van der Waals surface area contributed by atoms with Crippen molar-refractivity contribution in [3.05, 3.63) is 20.3 Å². The van der Waals surface area contributed by atoms with Crippen LogP contribution in [0.1, 0.15) is 31.1 Å². The van der Waals surface area contributed by atoms with Crippen molar-refractivity contribution in [2.24, 2.45) is 5.92 Å². The second-order valence-corrected chi connectivity index (χ2v) is 7.57. The summed E-state index contributed by atoms with van der Waals surface area (Å²) in [6.07, 6.45) is 0. The highest BCUT2D eigenvalue weighted by Gasteiger charge is 2.16. The van der Waals surface area contributed by atoms with Crippen molar-refractivity contribution >= 4 is 52.1 Å². The molecule has 0 saturated carbocycles. The molecule has 90 valence electrons. The van der Waals surface area contributed by atoms with Crippen LogP contribution in [0.2, 0.25) is 8.67 Å². The molecule has 1 aromatic heterocycles. The van der Waals surface area contributed by atoms with Gasteiger partial charge in [-0.3, -0.25) is 4.79 Å². The maximum absolute atomic E-state index is 11.8. The van der Waals surface area contributed by atoms with Crippen LogP contribution in [0.3, 0.4) is 0 Å². The summed E-state index contributed by atoms with van der Waals surface area (Å²) < 4.78 is 1.06. The van der Waals surface area contributed by atoms with Crippen molar-refractivity contribution in [2.45, 2.75) is 26.0 Å². The Kier molecular flexibility index (Phi) is 5.65. The highest BCUT2D eigenvalue weighted by atomic mass is 35.5. The van der Waals surface area contributed by atoms with E-state index in [1.54, 1.807) is 17.8 Å². The molecule has 0 N–H and O–H groups in total. The zero-order valence-electron chi connectivity index (χ0n) is 9.42. The summed E-state index contributed by atoms with van der Waals surface area (Å²) >= 11 is 14.6. The Morgan fingerprint density at radius 3 is 2.50 bits per heavy atom. The van der Waals surface area contributed by atoms with E-state index in [2.05, 4.69) is 20.8 Å². The van der Waals surface area contributed by atoms with Crippen LogP contribution in [-0.4, -0.2) is 16.8 Å². The highest BCUT2D eigenvalue weighted by Crippen LogP contribution is 2.32.